The Morgan fingerprint density at radius 3 is 2.72 bits per heavy atom. The molecule has 0 aliphatic carbocycles. The lowest BCUT2D eigenvalue weighted by Gasteiger charge is -2.08. The molecule has 0 spiro atoms. The average Bonchev–Trinajstić information content (AvgIpc) is 2.96. The molecule has 1 N–H and O–H groups in total. The van der Waals surface area contributed by atoms with Gasteiger partial charge in [0.15, 0.2) is 0 Å². The van der Waals surface area contributed by atoms with Gasteiger partial charge in [-0.2, -0.15) is 18.3 Å². The third kappa shape index (κ3) is 5.21. The molecule has 2 aromatic rings. The molecule has 1 heterocycles. The molecular formula is C15H13ClF3N3O3. The molecule has 0 aliphatic rings. The van der Waals surface area contributed by atoms with Crippen LogP contribution in [0.15, 0.2) is 30.6 Å². The summed E-state index contributed by atoms with van der Waals surface area (Å²) in [6.07, 6.45) is -2.45. The lowest BCUT2D eigenvalue weighted by Crippen LogP contribution is -2.18. The molecule has 1 aromatic heterocycles. The zero-order chi connectivity index (χ0) is 18.6. The summed E-state index contributed by atoms with van der Waals surface area (Å²) in [5.74, 6) is -1.33. The first-order chi connectivity index (χ1) is 11.7. The molecule has 0 aliphatic heterocycles. The maximum atomic E-state index is 12.3. The van der Waals surface area contributed by atoms with Crippen molar-refractivity contribution in [2.24, 2.45) is 0 Å². The number of carbonyl (C=O) groups is 2. The summed E-state index contributed by atoms with van der Waals surface area (Å²) in [6.45, 7) is 0.494. The second-order valence-corrected chi connectivity index (χ2v) is 5.32. The fraction of sp³-hybridized carbons (Fsp3) is 0.267. The van der Waals surface area contributed by atoms with Crippen LogP contribution in [0.3, 0.4) is 0 Å². The molecule has 2 rings (SSSR count). The lowest BCUT2D eigenvalue weighted by atomic mass is 10.2. The Balaban J connectivity index is 2.13. The fourth-order valence-electron chi connectivity index (χ4n) is 1.92. The minimum absolute atomic E-state index is 0.0584. The first kappa shape index (κ1) is 18.8. The second-order valence-electron chi connectivity index (χ2n) is 4.91. The summed E-state index contributed by atoms with van der Waals surface area (Å²) >= 11 is 5.91. The van der Waals surface area contributed by atoms with E-state index in [1.165, 1.54) is 18.2 Å². The first-order valence-electron chi connectivity index (χ1n) is 7.07. The normalized spacial score (nSPS) is 11.2. The summed E-state index contributed by atoms with van der Waals surface area (Å²) in [5, 5.41) is 6.10. The maximum absolute atomic E-state index is 12.3. The van der Waals surface area contributed by atoms with Gasteiger partial charge < -0.3 is 10.1 Å². The molecule has 0 atom stereocenters. The lowest BCUT2D eigenvalue weighted by molar-refractivity contribution is -0.142. The number of rotatable bonds is 5. The van der Waals surface area contributed by atoms with Crippen LogP contribution in [0.5, 0.6) is 0 Å². The summed E-state index contributed by atoms with van der Waals surface area (Å²) < 4.78 is 42.4. The molecule has 1 amide bonds. The van der Waals surface area contributed by atoms with E-state index in [0.29, 0.717) is 4.68 Å². The summed E-state index contributed by atoms with van der Waals surface area (Å²) in [6, 6.07) is 4.16. The predicted octanol–water partition coefficient (Wildman–Crippen LogP) is 3.53. The van der Waals surface area contributed by atoms with E-state index in [9.17, 15) is 22.8 Å². The van der Waals surface area contributed by atoms with Crippen LogP contribution in [0.1, 0.15) is 27.6 Å². The first-order valence-corrected chi connectivity index (χ1v) is 7.44. The Hall–Kier alpha value is -2.55. The predicted molar refractivity (Wildman–Crippen MR) is 83.6 cm³/mol. The van der Waals surface area contributed by atoms with E-state index < -0.39 is 24.6 Å². The van der Waals surface area contributed by atoms with Gasteiger partial charge in [0.05, 0.1) is 29.0 Å². The Labute approximate surface area is 145 Å². The Bertz CT molecular complexity index is 790. The quantitative estimate of drug-likeness (QED) is 0.811. The molecular weight excluding hydrogens is 363 g/mol. The Morgan fingerprint density at radius 1 is 1.36 bits per heavy atom. The SMILES string of the molecule is CCOC(=O)c1cc(NC(=O)c2cnn(CC(F)(F)F)c2)ccc1Cl. The van der Waals surface area contributed by atoms with E-state index in [1.807, 2.05) is 0 Å². The summed E-state index contributed by atoms with van der Waals surface area (Å²) in [7, 11) is 0. The maximum Gasteiger partial charge on any atom is 0.408 e. The molecule has 0 fully saturated rings. The van der Waals surface area contributed by atoms with Gasteiger partial charge in [0, 0.05) is 11.9 Å². The topological polar surface area (TPSA) is 73.2 Å². The van der Waals surface area contributed by atoms with Crippen molar-refractivity contribution in [3.8, 4) is 0 Å². The van der Waals surface area contributed by atoms with Crippen LogP contribution in [0, 0.1) is 0 Å². The van der Waals surface area contributed by atoms with Crippen molar-refractivity contribution in [1.82, 2.24) is 9.78 Å². The van der Waals surface area contributed by atoms with Crippen LogP contribution in [-0.2, 0) is 11.3 Å². The molecule has 6 nitrogen and oxygen atoms in total. The van der Waals surface area contributed by atoms with Crippen molar-refractivity contribution in [3.63, 3.8) is 0 Å². The van der Waals surface area contributed by atoms with Crippen molar-refractivity contribution < 1.29 is 27.5 Å². The highest BCUT2D eigenvalue weighted by atomic mass is 35.5. The third-order valence-electron chi connectivity index (χ3n) is 2.96. The number of carbonyl (C=O) groups excluding carboxylic acids is 2. The number of hydrogen-bond donors (Lipinski definition) is 1. The number of benzene rings is 1. The molecule has 0 radical (unpaired) electrons. The van der Waals surface area contributed by atoms with Gasteiger partial charge in [-0.25, -0.2) is 4.79 Å². The minimum atomic E-state index is -4.44. The highest BCUT2D eigenvalue weighted by Crippen LogP contribution is 2.22. The number of nitrogens with one attached hydrogen (secondary N) is 1. The van der Waals surface area contributed by atoms with Gasteiger partial charge >= 0.3 is 12.1 Å². The van der Waals surface area contributed by atoms with Crippen molar-refractivity contribution in [2.75, 3.05) is 11.9 Å². The van der Waals surface area contributed by atoms with E-state index in [2.05, 4.69) is 10.4 Å². The number of alkyl halides is 3. The van der Waals surface area contributed by atoms with Gasteiger partial charge in [0.2, 0.25) is 0 Å². The van der Waals surface area contributed by atoms with Gasteiger partial charge in [0.1, 0.15) is 6.54 Å². The number of amides is 1. The number of ether oxygens (including phenoxy) is 1. The Kier molecular flexibility index (Phi) is 5.68. The van der Waals surface area contributed by atoms with E-state index in [-0.39, 0.29) is 28.4 Å². The average molecular weight is 376 g/mol. The molecule has 0 saturated heterocycles. The van der Waals surface area contributed by atoms with E-state index >= 15 is 0 Å². The largest absolute Gasteiger partial charge is 0.462 e. The molecule has 0 unspecified atom stereocenters. The molecule has 25 heavy (non-hydrogen) atoms. The van der Waals surface area contributed by atoms with Crippen LogP contribution < -0.4 is 5.32 Å². The smallest absolute Gasteiger partial charge is 0.408 e. The molecule has 1 aromatic carbocycles. The van der Waals surface area contributed by atoms with Crippen LogP contribution in [-0.4, -0.2) is 34.4 Å². The highest BCUT2D eigenvalue weighted by molar-refractivity contribution is 6.33. The Morgan fingerprint density at radius 2 is 2.08 bits per heavy atom. The van der Waals surface area contributed by atoms with Gasteiger partial charge in [-0.05, 0) is 25.1 Å². The van der Waals surface area contributed by atoms with Crippen LogP contribution in [0.4, 0.5) is 18.9 Å². The van der Waals surface area contributed by atoms with Gasteiger partial charge in [-0.3, -0.25) is 9.48 Å². The van der Waals surface area contributed by atoms with Crippen LogP contribution in [0.2, 0.25) is 5.02 Å². The van der Waals surface area contributed by atoms with Crippen molar-refractivity contribution >= 4 is 29.2 Å². The number of hydrogen-bond acceptors (Lipinski definition) is 4. The molecule has 0 bridgehead atoms. The number of halogens is 4. The van der Waals surface area contributed by atoms with Crippen molar-refractivity contribution in [2.45, 2.75) is 19.6 Å². The number of aromatic nitrogens is 2. The number of anilines is 1. The highest BCUT2D eigenvalue weighted by Gasteiger charge is 2.28. The fourth-order valence-corrected chi connectivity index (χ4v) is 2.12. The zero-order valence-electron chi connectivity index (χ0n) is 12.9. The van der Waals surface area contributed by atoms with Crippen LogP contribution >= 0.6 is 11.6 Å². The number of esters is 1. The summed E-state index contributed by atoms with van der Waals surface area (Å²) in [4.78, 5) is 23.9. The molecule has 10 heteroatoms. The van der Waals surface area contributed by atoms with Gasteiger partial charge in [0.25, 0.3) is 5.91 Å². The summed E-state index contributed by atoms with van der Waals surface area (Å²) in [5.41, 5.74) is 0.243. The van der Waals surface area contributed by atoms with Gasteiger partial charge in [-0.1, -0.05) is 11.6 Å². The number of nitrogens with zero attached hydrogens (tertiary/aromatic N) is 2. The monoisotopic (exact) mass is 375 g/mol. The van der Waals surface area contributed by atoms with Crippen LogP contribution in [0.25, 0.3) is 0 Å². The van der Waals surface area contributed by atoms with Crippen molar-refractivity contribution in [1.29, 1.82) is 0 Å². The third-order valence-corrected chi connectivity index (χ3v) is 3.29. The molecule has 0 saturated carbocycles. The second kappa shape index (κ2) is 7.56. The van der Waals surface area contributed by atoms with E-state index in [1.54, 1.807) is 6.92 Å². The van der Waals surface area contributed by atoms with Crippen molar-refractivity contribution in [3.05, 3.63) is 46.7 Å². The standard InChI is InChI=1S/C15H13ClF3N3O3/c1-2-25-14(24)11-5-10(3-4-12(11)16)21-13(23)9-6-20-22(7-9)8-15(17,18)19/h3-7H,2,8H2,1H3,(H,21,23). The van der Waals surface area contributed by atoms with E-state index in [4.69, 9.17) is 16.3 Å². The van der Waals surface area contributed by atoms with Gasteiger partial charge in [-0.15, -0.1) is 0 Å². The van der Waals surface area contributed by atoms with E-state index in [0.717, 1.165) is 12.4 Å². The minimum Gasteiger partial charge on any atom is -0.462 e. The zero-order valence-corrected chi connectivity index (χ0v) is 13.7. The molecule has 134 valence electrons.